The van der Waals surface area contributed by atoms with Crippen molar-refractivity contribution in [3.63, 3.8) is 0 Å². The van der Waals surface area contributed by atoms with Crippen molar-refractivity contribution in [2.24, 2.45) is 0 Å². The zero-order valence-corrected chi connectivity index (χ0v) is 42.8. The maximum Gasteiger partial charge on any atom is 0.312 e. The van der Waals surface area contributed by atoms with E-state index in [9.17, 15) is 9.59 Å². The average molecular weight is 1040 g/mol. The van der Waals surface area contributed by atoms with Gasteiger partial charge in [0.15, 0.2) is 0 Å². The standard InChI is InChI=1S/C46H92N2O23/c1-47-2-4-52-6-8-54-10-12-56-14-16-58-18-20-60-22-24-62-26-28-64-30-32-66-34-36-68-38-40-70-42-43-71-41-39-69-37-35-67-33-31-65-29-27-63-25-23-61-21-19-59-17-15-57-13-11-55-9-7-53-5-3-48-45(49)44-46(50)51/h47H,2-44H2,1H3,(H,48,49)(H,50,51). The number of rotatable bonds is 65. The van der Waals surface area contributed by atoms with Crippen LogP contribution < -0.4 is 10.6 Å². The van der Waals surface area contributed by atoms with Crippen LogP contribution in [-0.4, -0.2) is 301 Å². The van der Waals surface area contributed by atoms with Crippen molar-refractivity contribution in [2.75, 3.05) is 284 Å². The summed E-state index contributed by atoms with van der Waals surface area (Å²) in [5.74, 6) is -1.71. The van der Waals surface area contributed by atoms with Crippen molar-refractivity contribution in [3.8, 4) is 0 Å². The Morgan fingerprint density at radius 2 is 0.394 bits per heavy atom. The van der Waals surface area contributed by atoms with Gasteiger partial charge in [-0.1, -0.05) is 0 Å². The van der Waals surface area contributed by atoms with Crippen molar-refractivity contribution in [3.05, 3.63) is 0 Å². The highest BCUT2D eigenvalue weighted by Crippen LogP contribution is 1.90. The van der Waals surface area contributed by atoms with Gasteiger partial charge in [-0.2, -0.15) is 0 Å². The third kappa shape index (κ3) is 66.1. The monoisotopic (exact) mass is 1040 g/mol. The average Bonchev–Trinajstić information content (AvgIpc) is 3.36. The number of amides is 1. The van der Waals surface area contributed by atoms with Crippen LogP contribution in [0, 0.1) is 0 Å². The summed E-state index contributed by atoms with van der Waals surface area (Å²) in [4.78, 5) is 21.6. The quantitative estimate of drug-likeness (QED) is 0.0494. The minimum absolute atomic E-state index is 0.248. The van der Waals surface area contributed by atoms with E-state index in [-0.39, 0.29) is 13.2 Å². The fourth-order valence-electron chi connectivity index (χ4n) is 4.92. The smallest absolute Gasteiger partial charge is 0.312 e. The molecule has 0 aromatic rings. The first kappa shape index (κ1) is 69.1. The molecule has 0 aliphatic carbocycles. The minimum atomic E-state index is -1.17. The molecule has 0 spiro atoms. The van der Waals surface area contributed by atoms with Gasteiger partial charge in [0.1, 0.15) is 6.42 Å². The summed E-state index contributed by atoms with van der Waals surface area (Å²) in [5, 5.41) is 14.0. The molecule has 0 saturated heterocycles. The Balaban J connectivity index is 3.09. The molecule has 0 rings (SSSR count). The zero-order chi connectivity index (χ0) is 51.1. The van der Waals surface area contributed by atoms with Crippen LogP contribution in [-0.2, 0) is 104 Å². The molecule has 0 fully saturated rings. The number of hydrogen-bond acceptors (Lipinski definition) is 23. The number of nitrogens with one attached hydrogen (secondary N) is 2. The van der Waals surface area contributed by atoms with Crippen LogP contribution in [0.5, 0.6) is 0 Å². The first-order valence-corrected chi connectivity index (χ1v) is 24.8. The highest BCUT2D eigenvalue weighted by molar-refractivity contribution is 5.93. The highest BCUT2D eigenvalue weighted by Gasteiger charge is 2.06. The lowest BCUT2D eigenvalue weighted by Gasteiger charge is -2.09. The molecule has 25 heteroatoms. The van der Waals surface area contributed by atoms with E-state index in [1.807, 2.05) is 7.05 Å². The van der Waals surface area contributed by atoms with Gasteiger partial charge >= 0.3 is 5.97 Å². The van der Waals surface area contributed by atoms with E-state index in [1.54, 1.807) is 0 Å². The van der Waals surface area contributed by atoms with Gasteiger partial charge in [-0.25, -0.2) is 0 Å². The molecule has 1 amide bonds. The lowest BCUT2D eigenvalue weighted by molar-refractivity contribution is -0.140. The first-order chi connectivity index (χ1) is 35.2. The van der Waals surface area contributed by atoms with E-state index in [2.05, 4.69) is 10.6 Å². The summed E-state index contributed by atoms with van der Waals surface area (Å²) in [6.45, 7) is 20.4. The van der Waals surface area contributed by atoms with Gasteiger partial charge in [0, 0.05) is 13.1 Å². The van der Waals surface area contributed by atoms with Gasteiger partial charge in [0.2, 0.25) is 5.91 Å². The molecule has 0 atom stereocenters. The summed E-state index contributed by atoms with van der Waals surface area (Å²) in [6.07, 6.45) is -0.550. The van der Waals surface area contributed by atoms with Crippen molar-refractivity contribution >= 4 is 11.9 Å². The molecule has 0 bridgehead atoms. The Kier molecular flexibility index (Phi) is 62.5. The third-order valence-corrected chi connectivity index (χ3v) is 8.44. The molecule has 0 saturated carbocycles. The lowest BCUT2D eigenvalue weighted by Crippen LogP contribution is -2.29. The van der Waals surface area contributed by atoms with Gasteiger partial charge in [-0.3, -0.25) is 9.59 Å². The molecular formula is C46H92N2O23. The second kappa shape index (κ2) is 64.2. The number of carboxylic acids is 1. The Morgan fingerprint density at radius 3 is 0.535 bits per heavy atom. The minimum Gasteiger partial charge on any atom is -0.481 e. The topological polar surface area (TPSA) is 263 Å². The van der Waals surface area contributed by atoms with Crippen LogP contribution in [0.2, 0.25) is 0 Å². The van der Waals surface area contributed by atoms with Crippen LogP contribution >= 0.6 is 0 Å². The molecule has 0 heterocycles. The van der Waals surface area contributed by atoms with E-state index in [0.29, 0.717) is 258 Å². The Hall–Kier alpha value is -1.90. The molecule has 3 N–H and O–H groups in total. The fraction of sp³-hybridized carbons (Fsp3) is 0.957. The Labute approximate surface area is 422 Å². The van der Waals surface area contributed by atoms with Gasteiger partial charge in [-0.05, 0) is 7.05 Å². The lowest BCUT2D eigenvalue weighted by atomic mass is 10.4. The summed E-state index contributed by atoms with van der Waals surface area (Å²) in [7, 11) is 1.89. The summed E-state index contributed by atoms with van der Waals surface area (Å²) in [5.41, 5.74) is 0. The van der Waals surface area contributed by atoms with Crippen LogP contribution in [0.25, 0.3) is 0 Å². The normalized spacial score (nSPS) is 11.6. The molecule has 25 nitrogen and oxygen atoms in total. The summed E-state index contributed by atoms with van der Waals surface area (Å²) in [6, 6.07) is 0. The van der Waals surface area contributed by atoms with E-state index in [0.717, 1.165) is 6.54 Å². The molecule has 71 heavy (non-hydrogen) atoms. The Bertz CT molecular complexity index is 1030. The second-order valence-corrected chi connectivity index (χ2v) is 14.3. The van der Waals surface area contributed by atoms with Crippen LogP contribution in [0.4, 0.5) is 0 Å². The van der Waals surface area contributed by atoms with Crippen LogP contribution in [0.15, 0.2) is 0 Å². The van der Waals surface area contributed by atoms with E-state index >= 15 is 0 Å². The summed E-state index contributed by atoms with van der Waals surface area (Å²) < 4.78 is 109. The fourth-order valence-corrected chi connectivity index (χ4v) is 4.92. The molecule has 0 radical (unpaired) electrons. The number of aliphatic carboxylic acids is 1. The molecule has 0 unspecified atom stereocenters. The molecule has 0 aliphatic rings. The van der Waals surface area contributed by atoms with Crippen molar-refractivity contribution in [1.29, 1.82) is 0 Å². The number of ether oxygens (including phenoxy) is 20. The maximum atomic E-state index is 11.2. The van der Waals surface area contributed by atoms with E-state index < -0.39 is 18.3 Å². The molecule has 0 aromatic carbocycles. The highest BCUT2D eigenvalue weighted by atomic mass is 16.6. The van der Waals surface area contributed by atoms with E-state index in [1.165, 1.54) is 0 Å². The zero-order valence-electron chi connectivity index (χ0n) is 42.8. The number of carboxylic acid groups (broad SMARTS) is 1. The van der Waals surface area contributed by atoms with Gasteiger partial charge in [0.25, 0.3) is 0 Å². The first-order valence-electron chi connectivity index (χ1n) is 24.8. The SMILES string of the molecule is CNCCOCCOCCOCCOCCOCCOCCOCCOCCOCCOCCOCCOCCOCCOCCOCCOCCOCCOCCOCCOCCNC(=O)CC(=O)O. The van der Waals surface area contributed by atoms with Gasteiger partial charge < -0.3 is 110 Å². The van der Waals surface area contributed by atoms with Crippen molar-refractivity contribution < 1.29 is 109 Å². The molecule has 0 aromatic heterocycles. The number of likely N-dealkylation sites (N-methyl/N-ethyl adjacent to an activating group) is 1. The van der Waals surface area contributed by atoms with Crippen molar-refractivity contribution in [2.45, 2.75) is 6.42 Å². The predicted octanol–water partition coefficient (Wildman–Crippen LogP) is -0.871. The molecule has 424 valence electrons. The van der Waals surface area contributed by atoms with Gasteiger partial charge in [-0.15, -0.1) is 0 Å². The number of hydrogen-bond donors (Lipinski definition) is 3. The summed E-state index contributed by atoms with van der Waals surface area (Å²) >= 11 is 0. The third-order valence-electron chi connectivity index (χ3n) is 8.44. The van der Waals surface area contributed by atoms with Crippen molar-refractivity contribution in [1.82, 2.24) is 10.6 Å². The maximum absolute atomic E-state index is 11.2. The number of carbonyl (C=O) groups is 2. The molecule has 0 aliphatic heterocycles. The Morgan fingerprint density at radius 1 is 0.254 bits per heavy atom. The van der Waals surface area contributed by atoms with Crippen LogP contribution in [0.1, 0.15) is 6.42 Å². The van der Waals surface area contributed by atoms with Gasteiger partial charge in [0.05, 0.1) is 264 Å². The van der Waals surface area contributed by atoms with Crippen LogP contribution in [0.3, 0.4) is 0 Å². The molecular weight excluding hydrogens is 948 g/mol. The largest absolute Gasteiger partial charge is 0.481 e. The number of carbonyl (C=O) groups excluding carboxylic acids is 1. The predicted molar refractivity (Wildman–Crippen MR) is 256 cm³/mol. The van der Waals surface area contributed by atoms with E-state index in [4.69, 9.17) is 99.8 Å². The second-order valence-electron chi connectivity index (χ2n) is 14.3.